The largest absolute Gasteiger partial charge is 0.368 e. The van der Waals surface area contributed by atoms with E-state index in [4.69, 9.17) is 17.3 Å². The first kappa shape index (κ1) is 11.9. The number of nitrogens with zero attached hydrogens (tertiary/aromatic N) is 2. The highest BCUT2D eigenvalue weighted by atomic mass is 35.5. The van der Waals surface area contributed by atoms with Gasteiger partial charge >= 0.3 is 0 Å². The summed E-state index contributed by atoms with van der Waals surface area (Å²) in [6, 6.07) is 5.98. The van der Waals surface area contributed by atoms with Gasteiger partial charge in [0, 0.05) is 11.6 Å². The van der Waals surface area contributed by atoms with Crippen LogP contribution in [0.15, 0.2) is 18.2 Å². The van der Waals surface area contributed by atoms with E-state index in [9.17, 15) is 0 Å². The number of hydrogen-bond acceptors (Lipinski definition) is 3. The molecule has 0 bridgehead atoms. The number of aryl methyl sites for hydroxylation is 3. The first-order valence-corrected chi connectivity index (χ1v) is 5.73. The maximum Gasteiger partial charge on any atom is 0.221 e. The van der Waals surface area contributed by atoms with E-state index in [0.717, 1.165) is 22.4 Å². The van der Waals surface area contributed by atoms with Gasteiger partial charge in [-0.2, -0.15) is 0 Å². The summed E-state index contributed by atoms with van der Waals surface area (Å²) in [6.45, 7) is 6.19. The summed E-state index contributed by atoms with van der Waals surface area (Å²) in [6.07, 6.45) is 0. The van der Waals surface area contributed by atoms with Crippen LogP contribution in [0.1, 0.15) is 16.7 Å². The van der Waals surface area contributed by atoms with Gasteiger partial charge in [0.2, 0.25) is 5.95 Å². The summed E-state index contributed by atoms with van der Waals surface area (Å²) >= 11 is 5.90. The summed E-state index contributed by atoms with van der Waals surface area (Å²) < 4.78 is 0. The van der Waals surface area contributed by atoms with E-state index < -0.39 is 0 Å². The fourth-order valence-electron chi connectivity index (χ4n) is 2.15. The lowest BCUT2D eigenvalue weighted by atomic mass is 9.97. The van der Waals surface area contributed by atoms with Crippen LogP contribution < -0.4 is 5.73 Å². The maximum absolute atomic E-state index is 5.90. The zero-order valence-electron chi connectivity index (χ0n) is 10.1. The minimum Gasteiger partial charge on any atom is -0.368 e. The van der Waals surface area contributed by atoms with Crippen molar-refractivity contribution in [2.24, 2.45) is 0 Å². The number of anilines is 1. The molecule has 2 N–H and O–H groups in total. The molecular formula is C13H14ClN3. The molecule has 2 aromatic rings. The molecule has 0 aliphatic carbocycles. The van der Waals surface area contributed by atoms with Crippen molar-refractivity contribution in [2.45, 2.75) is 20.8 Å². The first-order valence-electron chi connectivity index (χ1n) is 5.35. The number of nitrogen functional groups attached to an aromatic ring is 1. The normalized spacial score (nSPS) is 10.6. The molecule has 2 rings (SSSR count). The Hall–Kier alpha value is -1.61. The van der Waals surface area contributed by atoms with Gasteiger partial charge in [0.25, 0.3) is 0 Å². The van der Waals surface area contributed by atoms with Gasteiger partial charge < -0.3 is 5.73 Å². The van der Waals surface area contributed by atoms with E-state index in [1.54, 1.807) is 6.07 Å². The Balaban J connectivity index is 2.68. The van der Waals surface area contributed by atoms with Gasteiger partial charge in [0.1, 0.15) is 5.15 Å². The number of aromatic nitrogens is 2. The molecule has 17 heavy (non-hydrogen) atoms. The Kier molecular flexibility index (Phi) is 3.03. The van der Waals surface area contributed by atoms with Crippen molar-refractivity contribution in [2.75, 3.05) is 5.73 Å². The van der Waals surface area contributed by atoms with Crippen molar-refractivity contribution in [3.05, 3.63) is 40.0 Å². The van der Waals surface area contributed by atoms with E-state index in [2.05, 4.69) is 42.9 Å². The average molecular weight is 248 g/mol. The highest BCUT2D eigenvalue weighted by Gasteiger charge is 2.10. The second-order valence-electron chi connectivity index (χ2n) is 4.21. The third kappa shape index (κ3) is 2.39. The lowest BCUT2D eigenvalue weighted by Crippen LogP contribution is -1.99. The van der Waals surface area contributed by atoms with Crippen LogP contribution in [0.4, 0.5) is 5.95 Å². The van der Waals surface area contributed by atoms with Crippen molar-refractivity contribution in [1.29, 1.82) is 0 Å². The van der Waals surface area contributed by atoms with Crippen LogP contribution in [0, 0.1) is 20.8 Å². The highest BCUT2D eigenvalue weighted by molar-refractivity contribution is 6.29. The van der Waals surface area contributed by atoms with Gasteiger partial charge in [-0.25, -0.2) is 9.97 Å². The topological polar surface area (TPSA) is 51.8 Å². The Morgan fingerprint density at radius 1 is 1.00 bits per heavy atom. The summed E-state index contributed by atoms with van der Waals surface area (Å²) in [5.74, 6) is 0.201. The molecule has 0 aliphatic rings. The molecule has 0 unspecified atom stereocenters. The molecule has 1 heterocycles. The fourth-order valence-corrected chi connectivity index (χ4v) is 2.34. The third-order valence-electron chi connectivity index (χ3n) is 2.65. The van der Waals surface area contributed by atoms with E-state index in [-0.39, 0.29) is 5.95 Å². The Labute approximate surface area is 106 Å². The second kappa shape index (κ2) is 4.34. The van der Waals surface area contributed by atoms with Crippen LogP contribution in [0.3, 0.4) is 0 Å². The number of nitrogens with two attached hydrogens (primary N) is 1. The zero-order valence-corrected chi connectivity index (χ0v) is 10.8. The average Bonchev–Trinajstić information content (AvgIpc) is 2.13. The van der Waals surface area contributed by atoms with E-state index >= 15 is 0 Å². The van der Waals surface area contributed by atoms with Crippen LogP contribution >= 0.6 is 11.6 Å². The predicted octanol–water partition coefficient (Wildman–Crippen LogP) is 3.30. The van der Waals surface area contributed by atoms with Gasteiger partial charge in [0.05, 0.1) is 5.69 Å². The lowest BCUT2D eigenvalue weighted by molar-refractivity contribution is 1.18. The molecule has 0 saturated heterocycles. The molecule has 0 atom stereocenters. The molecule has 3 nitrogen and oxygen atoms in total. The first-order chi connectivity index (χ1) is 7.97. The van der Waals surface area contributed by atoms with Gasteiger partial charge in [-0.3, -0.25) is 0 Å². The highest BCUT2D eigenvalue weighted by Crippen LogP contribution is 2.28. The van der Waals surface area contributed by atoms with Crippen LogP contribution in [-0.2, 0) is 0 Å². The number of benzene rings is 1. The minimum atomic E-state index is 0.201. The van der Waals surface area contributed by atoms with E-state index in [1.807, 2.05) is 0 Å². The molecule has 1 aromatic carbocycles. The Morgan fingerprint density at radius 3 is 2.12 bits per heavy atom. The molecule has 0 aliphatic heterocycles. The quantitative estimate of drug-likeness (QED) is 0.787. The minimum absolute atomic E-state index is 0.201. The molecular weight excluding hydrogens is 234 g/mol. The number of rotatable bonds is 1. The van der Waals surface area contributed by atoms with E-state index in [1.165, 1.54) is 5.56 Å². The van der Waals surface area contributed by atoms with Crippen molar-refractivity contribution in [3.63, 3.8) is 0 Å². The standard InChI is InChI=1S/C13H14ClN3/c1-7-4-8(2)12(9(3)5-7)10-6-11(14)17-13(15)16-10/h4-6H,1-3H3,(H2,15,16,17). The van der Waals surface area contributed by atoms with Crippen LogP contribution in [0.25, 0.3) is 11.3 Å². The molecule has 0 saturated carbocycles. The lowest BCUT2D eigenvalue weighted by Gasteiger charge is -2.11. The van der Waals surface area contributed by atoms with Crippen molar-refractivity contribution in [3.8, 4) is 11.3 Å². The maximum atomic E-state index is 5.90. The third-order valence-corrected chi connectivity index (χ3v) is 2.84. The van der Waals surface area contributed by atoms with Crippen LogP contribution in [-0.4, -0.2) is 9.97 Å². The van der Waals surface area contributed by atoms with Gasteiger partial charge in [-0.15, -0.1) is 0 Å². The van der Waals surface area contributed by atoms with Crippen LogP contribution in [0.5, 0.6) is 0 Å². The fraction of sp³-hybridized carbons (Fsp3) is 0.231. The van der Waals surface area contributed by atoms with Crippen molar-refractivity contribution in [1.82, 2.24) is 9.97 Å². The monoisotopic (exact) mass is 247 g/mol. The molecule has 4 heteroatoms. The second-order valence-corrected chi connectivity index (χ2v) is 4.60. The summed E-state index contributed by atoms with van der Waals surface area (Å²) in [7, 11) is 0. The number of hydrogen-bond donors (Lipinski definition) is 1. The SMILES string of the molecule is Cc1cc(C)c(-c2cc(Cl)nc(N)n2)c(C)c1. The molecule has 0 amide bonds. The molecule has 0 radical (unpaired) electrons. The van der Waals surface area contributed by atoms with Gasteiger partial charge in [0.15, 0.2) is 0 Å². The van der Waals surface area contributed by atoms with Gasteiger partial charge in [-0.05, 0) is 31.9 Å². The Bertz CT molecular complexity index is 536. The molecule has 1 aromatic heterocycles. The summed E-state index contributed by atoms with van der Waals surface area (Å²) in [5.41, 5.74) is 11.0. The number of halogens is 1. The molecule has 0 fully saturated rings. The smallest absolute Gasteiger partial charge is 0.221 e. The van der Waals surface area contributed by atoms with Gasteiger partial charge in [-0.1, -0.05) is 29.3 Å². The van der Waals surface area contributed by atoms with Crippen LogP contribution in [0.2, 0.25) is 5.15 Å². The van der Waals surface area contributed by atoms with Crippen molar-refractivity contribution < 1.29 is 0 Å². The van der Waals surface area contributed by atoms with E-state index in [0.29, 0.717) is 5.15 Å². The predicted molar refractivity (Wildman–Crippen MR) is 71.1 cm³/mol. The summed E-state index contributed by atoms with van der Waals surface area (Å²) in [5, 5.41) is 0.367. The molecule has 0 spiro atoms. The Morgan fingerprint density at radius 2 is 1.59 bits per heavy atom. The zero-order chi connectivity index (χ0) is 12.6. The molecule has 88 valence electrons. The van der Waals surface area contributed by atoms with Crippen molar-refractivity contribution >= 4 is 17.5 Å². The summed E-state index contributed by atoms with van der Waals surface area (Å²) in [4.78, 5) is 8.11.